The molecule has 0 saturated carbocycles. The highest BCUT2D eigenvalue weighted by Crippen LogP contribution is 2.36. The Morgan fingerprint density at radius 1 is 1.35 bits per heavy atom. The summed E-state index contributed by atoms with van der Waals surface area (Å²) in [5.41, 5.74) is 0.561. The van der Waals surface area contributed by atoms with Gasteiger partial charge in [-0.15, -0.1) is 11.3 Å². The van der Waals surface area contributed by atoms with E-state index in [4.69, 9.17) is 9.47 Å². The first-order valence-corrected chi connectivity index (χ1v) is 7.98. The van der Waals surface area contributed by atoms with Gasteiger partial charge in [0.25, 0.3) is 0 Å². The van der Waals surface area contributed by atoms with Crippen molar-refractivity contribution >= 4 is 33.6 Å². The Labute approximate surface area is 130 Å². The number of carbonyl (C=O) groups excluding carboxylic acids is 1. The lowest BCUT2D eigenvalue weighted by atomic mass is 10.2. The number of hydrogen-bond donors (Lipinski definition) is 0. The molecule has 1 aromatic carbocycles. The summed E-state index contributed by atoms with van der Waals surface area (Å²) in [6.45, 7) is 2.99. The van der Waals surface area contributed by atoms with Crippen molar-refractivity contribution in [2.75, 3.05) is 13.2 Å². The SMILES string of the molecule is CCOc1cc(C=O)cc(Br)c1OCCc1cccs1. The van der Waals surface area contributed by atoms with Crippen molar-refractivity contribution in [2.24, 2.45) is 0 Å². The van der Waals surface area contributed by atoms with Crippen LogP contribution in [0.1, 0.15) is 22.2 Å². The van der Waals surface area contributed by atoms with Crippen LogP contribution in [0.4, 0.5) is 0 Å². The predicted octanol–water partition coefficient (Wildman–Crippen LogP) is 4.34. The minimum Gasteiger partial charge on any atom is -0.490 e. The molecule has 0 aliphatic rings. The number of aldehydes is 1. The van der Waals surface area contributed by atoms with E-state index in [0.29, 0.717) is 30.3 Å². The number of carbonyl (C=O) groups is 1. The highest BCUT2D eigenvalue weighted by Gasteiger charge is 2.12. The number of ether oxygens (including phenoxy) is 2. The number of halogens is 1. The second kappa shape index (κ2) is 7.45. The predicted molar refractivity (Wildman–Crippen MR) is 84.2 cm³/mol. The average Bonchev–Trinajstić information content (AvgIpc) is 2.95. The molecule has 0 bridgehead atoms. The largest absolute Gasteiger partial charge is 0.490 e. The molecule has 2 aromatic rings. The molecule has 0 saturated heterocycles. The molecule has 1 heterocycles. The van der Waals surface area contributed by atoms with E-state index in [9.17, 15) is 4.79 Å². The number of benzene rings is 1. The normalized spacial score (nSPS) is 10.3. The molecule has 20 heavy (non-hydrogen) atoms. The minimum absolute atomic E-state index is 0.524. The van der Waals surface area contributed by atoms with Crippen molar-refractivity contribution in [3.8, 4) is 11.5 Å². The second-order valence-corrected chi connectivity index (χ2v) is 5.95. The average molecular weight is 355 g/mol. The topological polar surface area (TPSA) is 35.5 Å². The summed E-state index contributed by atoms with van der Waals surface area (Å²) in [5, 5.41) is 2.05. The van der Waals surface area contributed by atoms with Gasteiger partial charge in [-0.25, -0.2) is 0 Å². The van der Waals surface area contributed by atoms with Gasteiger partial charge in [0, 0.05) is 16.9 Å². The van der Waals surface area contributed by atoms with Gasteiger partial charge in [0.1, 0.15) is 6.29 Å². The molecular formula is C15H15BrO3S. The Bertz CT molecular complexity index is 567. The fourth-order valence-corrected chi connectivity index (χ4v) is 3.03. The van der Waals surface area contributed by atoms with E-state index in [1.54, 1.807) is 23.5 Å². The van der Waals surface area contributed by atoms with Gasteiger partial charge in [-0.3, -0.25) is 4.79 Å². The standard InChI is InChI=1S/C15H15BrO3S/c1-2-18-14-9-11(10-17)8-13(16)15(14)19-6-5-12-4-3-7-20-12/h3-4,7-10H,2,5-6H2,1H3. The van der Waals surface area contributed by atoms with Crippen molar-refractivity contribution in [1.82, 2.24) is 0 Å². The summed E-state index contributed by atoms with van der Waals surface area (Å²) in [6, 6.07) is 7.54. The lowest BCUT2D eigenvalue weighted by molar-refractivity contribution is 0.112. The molecule has 0 atom stereocenters. The Hall–Kier alpha value is -1.33. The van der Waals surface area contributed by atoms with Crippen LogP contribution in [-0.4, -0.2) is 19.5 Å². The van der Waals surface area contributed by atoms with Gasteiger partial charge < -0.3 is 9.47 Å². The molecule has 0 N–H and O–H groups in total. The summed E-state index contributed by atoms with van der Waals surface area (Å²) in [7, 11) is 0. The van der Waals surface area contributed by atoms with Crippen LogP contribution in [0.2, 0.25) is 0 Å². The summed E-state index contributed by atoms with van der Waals surface area (Å²) in [6.07, 6.45) is 1.65. The zero-order valence-electron chi connectivity index (χ0n) is 11.1. The quantitative estimate of drug-likeness (QED) is 0.693. The second-order valence-electron chi connectivity index (χ2n) is 4.06. The van der Waals surface area contributed by atoms with E-state index in [2.05, 4.69) is 27.4 Å². The maximum Gasteiger partial charge on any atom is 0.175 e. The van der Waals surface area contributed by atoms with Crippen LogP contribution in [0, 0.1) is 0 Å². The van der Waals surface area contributed by atoms with E-state index < -0.39 is 0 Å². The van der Waals surface area contributed by atoms with Crippen molar-refractivity contribution in [3.05, 3.63) is 44.6 Å². The molecular weight excluding hydrogens is 340 g/mol. The first-order valence-electron chi connectivity index (χ1n) is 6.31. The highest BCUT2D eigenvalue weighted by molar-refractivity contribution is 9.10. The monoisotopic (exact) mass is 354 g/mol. The molecule has 0 aliphatic heterocycles. The molecule has 0 radical (unpaired) electrons. The van der Waals surface area contributed by atoms with E-state index >= 15 is 0 Å². The van der Waals surface area contributed by atoms with Crippen LogP contribution in [0.15, 0.2) is 34.1 Å². The zero-order chi connectivity index (χ0) is 14.4. The Kier molecular flexibility index (Phi) is 5.61. The first-order chi connectivity index (χ1) is 9.74. The molecule has 2 rings (SSSR count). The lowest BCUT2D eigenvalue weighted by Gasteiger charge is -2.14. The Morgan fingerprint density at radius 2 is 2.20 bits per heavy atom. The van der Waals surface area contributed by atoms with E-state index in [0.717, 1.165) is 17.2 Å². The van der Waals surface area contributed by atoms with E-state index in [1.165, 1.54) is 4.88 Å². The van der Waals surface area contributed by atoms with Crippen LogP contribution in [0.25, 0.3) is 0 Å². The van der Waals surface area contributed by atoms with Crippen molar-refractivity contribution in [2.45, 2.75) is 13.3 Å². The maximum absolute atomic E-state index is 10.9. The third-order valence-corrected chi connectivity index (χ3v) is 4.17. The first kappa shape index (κ1) is 15.1. The van der Waals surface area contributed by atoms with Crippen LogP contribution in [-0.2, 0) is 6.42 Å². The minimum atomic E-state index is 0.524. The zero-order valence-corrected chi connectivity index (χ0v) is 13.5. The molecule has 0 fully saturated rings. The third-order valence-electron chi connectivity index (χ3n) is 2.64. The van der Waals surface area contributed by atoms with Gasteiger partial charge in [-0.05, 0) is 46.4 Å². The highest BCUT2D eigenvalue weighted by atomic mass is 79.9. The van der Waals surface area contributed by atoms with Gasteiger partial charge in [0.15, 0.2) is 11.5 Å². The van der Waals surface area contributed by atoms with E-state index in [1.807, 2.05) is 13.0 Å². The summed E-state index contributed by atoms with van der Waals surface area (Å²) < 4.78 is 12.1. The lowest BCUT2D eigenvalue weighted by Crippen LogP contribution is -2.04. The van der Waals surface area contributed by atoms with Crippen molar-refractivity contribution in [1.29, 1.82) is 0 Å². The van der Waals surface area contributed by atoms with Gasteiger partial charge in [-0.2, -0.15) is 0 Å². The molecule has 0 spiro atoms. The van der Waals surface area contributed by atoms with Crippen LogP contribution in [0.3, 0.4) is 0 Å². The van der Waals surface area contributed by atoms with Crippen molar-refractivity contribution in [3.63, 3.8) is 0 Å². The summed E-state index contributed by atoms with van der Waals surface area (Å²) >= 11 is 5.14. The molecule has 5 heteroatoms. The molecule has 1 aromatic heterocycles. The number of rotatable bonds is 7. The van der Waals surface area contributed by atoms with E-state index in [-0.39, 0.29) is 0 Å². The third kappa shape index (κ3) is 3.84. The molecule has 106 valence electrons. The molecule has 3 nitrogen and oxygen atoms in total. The number of thiophene rings is 1. The van der Waals surface area contributed by atoms with Crippen LogP contribution in [0.5, 0.6) is 11.5 Å². The Balaban J connectivity index is 2.10. The van der Waals surface area contributed by atoms with Gasteiger partial charge in [0.05, 0.1) is 17.7 Å². The molecule has 0 amide bonds. The molecule has 0 aliphatic carbocycles. The van der Waals surface area contributed by atoms with Gasteiger partial charge in [0.2, 0.25) is 0 Å². The van der Waals surface area contributed by atoms with Gasteiger partial charge in [-0.1, -0.05) is 6.07 Å². The maximum atomic E-state index is 10.9. The summed E-state index contributed by atoms with van der Waals surface area (Å²) in [4.78, 5) is 12.2. The summed E-state index contributed by atoms with van der Waals surface area (Å²) in [5.74, 6) is 1.24. The van der Waals surface area contributed by atoms with Gasteiger partial charge >= 0.3 is 0 Å². The van der Waals surface area contributed by atoms with Crippen LogP contribution >= 0.6 is 27.3 Å². The fourth-order valence-electron chi connectivity index (χ4n) is 1.77. The van der Waals surface area contributed by atoms with Crippen molar-refractivity contribution < 1.29 is 14.3 Å². The Morgan fingerprint density at radius 3 is 2.85 bits per heavy atom. The fraction of sp³-hybridized carbons (Fsp3) is 0.267. The molecule has 0 unspecified atom stereocenters. The number of hydrogen-bond acceptors (Lipinski definition) is 4. The van der Waals surface area contributed by atoms with Crippen LogP contribution < -0.4 is 9.47 Å². The smallest absolute Gasteiger partial charge is 0.175 e.